The Hall–Kier alpha value is -0.910. The van der Waals surface area contributed by atoms with E-state index >= 15 is 0 Å². The molecule has 78 valence electrons. The summed E-state index contributed by atoms with van der Waals surface area (Å²) in [5.74, 6) is -0.360. The fraction of sp³-hybridized carbons (Fsp3) is 0.111. The van der Waals surface area contributed by atoms with E-state index in [9.17, 15) is 4.79 Å². The third-order valence-corrected chi connectivity index (χ3v) is 4.09. The number of hydrogen-bond donors (Lipinski definition) is 0. The van der Waals surface area contributed by atoms with Crippen molar-refractivity contribution in [2.24, 2.45) is 0 Å². The summed E-state index contributed by atoms with van der Waals surface area (Å²) in [5.41, 5.74) is 0. The molecule has 0 aromatic carbocycles. The van der Waals surface area contributed by atoms with Gasteiger partial charge in [-0.05, 0) is 6.07 Å². The van der Waals surface area contributed by atoms with Gasteiger partial charge in [-0.15, -0.1) is 22.7 Å². The number of esters is 1. The lowest BCUT2D eigenvalue weighted by Gasteiger charge is -1.90. The van der Waals surface area contributed by atoms with Crippen LogP contribution in [0.3, 0.4) is 0 Å². The topological polar surface area (TPSA) is 39.2 Å². The van der Waals surface area contributed by atoms with Crippen molar-refractivity contribution in [2.75, 3.05) is 7.11 Å². The molecule has 0 atom stereocenters. The summed E-state index contributed by atoms with van der Waals surface area (Å²) in [5, 5.41) is 3.30. The minimum Gasteiger partial charge on any atom is -0.465 e. The molecule has 0 unspecified atom stereocenters. The van der Waals surface area contributed by atoms with E-state index in [1.54, 1.807) is 0 Å². The van der Waals surface area contributed by atoms with E-state index < -0.39 is 0 Å². The number of aromatic nitrogens is 1. The average molecular weight is 260 g/mol. The Labute approximate surface area is 99.3 Å². The Bertz CT molecular complexity index is 492. The molecule has 0 bridgehead atoms. The predicted molar refractivity (Wildman–Crippen MR) is 61.8 cm³/mol. The number of methoxy groups -OCH3 is 1. The molecule has 0 aliphatic carbocycles. The highest BCUT2D eigenvalue weighted by atomic mass is 35.5. The average Bonchev–Trinajstić information content (AvgIpc) is 2.84. The van der Waals surface area contributed by atoms with Gasteiger partial charge in [-0.25, -0.2) is 9.78 Å². The van der Waals surface area contributed by atoms with Crippen LogP contribution in [0.1, 0.15) is 9.67 Å². The Kier molecular flexibility index (Phi) is 3.04. The number of carbonyl (C=O) groups excluding carboxylic acids is 1. The Balaban J connectivity index is 2.31. The molecule has 2 rings (SSSR count). The number of halogens is 1. The Morgan fingerprint density at radius 3 is 3.00 bits per heavy atom. The summed E-state index contributed by atoms with van der Waals surface area (Å²) in [6, 6.07) is 1.83. The van der Waals surface area contributed by atoms with Gasteiger partial charge in [0.05, 0.1) is 23.2 Å². The third kappa shape index (κ3) is 2.19. The van der Waals surface area contributed by atoms with Crippen LogP contribution in [0.25, 0.3) is 9.88 Å². The molecule has 0 saturated carbocycles. The van der Waals surface area contributed by atoms with E-state index in [1.165, 1.54) is 36.0 Å². The maximum absolute atomic E-state index is 11.2. The molecule has 15 heavy (non-hydrogen) atoms. The molecule has 0 saturated heterocycles. The molecule has 0 amide bonds. The van der Waals surface area contributed by atoms with E-state index in [-0.39, 0.29) is 5.97 Å². The third-order valence-electron chi connectivity index (χ3n) is 1.67. The lowest BCUT2D eigenvalue weighted by atomic mass is 10.5. The van der Waals surface area contributed by atoms with Gasteiger partial charge in [-0.2, -0.15) is 0 Å². The van der Waals surface area contributed by atoms with Crippen LogP contribution in [0.5, 0.6) is 0 Å². The maximum Gasteiger partial charge on any atom is 0.349 e. The summed E-state index contributed by atoms with van der Waals surface area (Å²) in [6.07, 6.45) is 1.51. The van der Waals surface area contributed by atoms with Crippen LogP contribution in [0.2, 0.25) is 5.02 Å². The molecule has 0 aliphatic rings. The second kappa shape index (κ2) is 4.30. The van der Waals surface area contributed by atoms with Crippen molar-refractivity contribution < 1.29 is 9.53 Å². The molecule has 0 spiro atoms. The zero-order valence-corrected chi connectivity index (χ0v) is 10.1. The van der Waals surface area contributed by atoms with Crippen LogP contribution in [-0.4, -0.2) is 18.1 Å². The lowest BCUT2D eigenvalue weighted by molar-refractivity contribution is 0.0606. The van der Waals surface area contributed by atoms with Crippen LogP contribution in [0.15, 0.2) is 17.6 Å². The second-order valence-electron chi connectivity index (χ2n) is 2.65. The number of nitrogens with zero attached hydrogens (tertiary/aromatic N) is 1. The van der Waals surface area contributed by atoms with Crippen LogP contribution >= 0.6 is 34.3 Å². The van der Waals surface area contributed by atoms with Crippen LogP contribution in [-0.2, 0) is 4.74 Å². The van der Waals surface area contributed by atoms with Gasteiger partial charge < -0.3 is 4.74 Å². The van der Waals surface area contributed by atoms with E-state index in [2.05, 4.69) is 9.72 Å². The van der Waals surface area contributed by atoms with Gasteiger partial charge in [0.1, 0.15) is 9.88 Å². The lowest BCUT2D eigenvalue weighted by Crippen LogP contribution is -1.96. The van der Waals surface area contributed by atoms with Gasteiger partial charge in [-0.3, -0.25) is 0 Å². The molecule has 0 N–H and O–H groups in total. The zero-order valence-electron chi connectivity index (χ0n) is 7.69. The van der Waals surface area contributed by atoms with E-state index in [0.29, 0.717) is 9.90 Å². The van der Waals surface area contributed by atoms with Crippen molar-refractivity contribution in [3.8, 4) is 9.88 Å². The van der Waals surface area contributed by atoms with Gasteiger partial charge in [0, 0.05) is 5.38 Å². The van der Waals surface area contributed by atoms with Crippen LogP contribution < -0.4 is 0 Å². The van der Waals surface area contributed by atoms with Crippen molar-refractivity contribution in [1.82, 2.24) is 4.98 Å². The van der Waals surface area contributed by atoms with E-state index in [4.69, 9.17) is 11.6 Å². The van der Waals surface area contributed by atoms with E-state index in [0.717, 1.165) is 9.88 Å². The molecule has 2 heterocycles. The first-order valence-corrected chi connectivity index (χ1v) is 6.06. The molecule has 3 nitrogen and oxygen atoms in total. The smallest absolute Gasteiger partial charge is 0.349 e. The molecule has 2 aromatic rings. The summed E-state index contributed by atoms with van der Waals surface area (Å²) in [7, 11) is 1.35. The summed E-state index contributed by atoms with van der Waals surface area (Å²) in [4.78, 5) is 16.8. The fourth-order valence-electron chi connectivity index (χ4n) is 1.01. The number of rotatable bonds is 2. The molecule has 6 heteroatoms. The summed E-state index contributed by atoms with van der Waals surface area (Å²) < 4.78 is 4.60. The predicted octanol–water partition coefficient (Wildman–Crippen LogP) is 3.31. The second-order valence-corrected chi connectivity index (χ2v) is 5.03. The minimum absolute atomic E-state index is 0.360. The summed E-state index contributed by atoms with van der Waals surface area (Å²) >= 11 is 8.60. The Morgan fingerprint density at radius 2 is 2.40 bits per heavy atom. The Morgan fingerprint density at radius 1 is 1.60 bits per heavy atom. The maximum atomic E-state index is 11.2. The number of ether oxygens (including phenoxy) is 1. The van der Waals surface area contributed by atoms with Crippen molar-refractivity contribution >= 4 is 40.2 Å². The highest BCUT2D eigenvalue weighted by molar-refractivity contribution is 7.22. The first-order valence-electron chi connectivity index (χ1n) is 3.99. The highest BCUT2D eigenvalue weighted by Crippen LogP contribution is 2.32. The van der Waals surface area contributed by atoms with Gasteiger partial charge in [0.15, 0.2) is 0 Å². The van der Waals surface area contributed by atoms with Crippen LogP contribution in [0.4, 0.5) is 0 Å². The monoisotopic (exact) mass is 259 g/mol. The normalized spacial score (nSPS) is 10.3. The van der Waals surface area contributed by atoms with Gasteiger partial charge >= 0.3 is 5.97 Å². The number of carbonyl (C=O) groups is 1. The van der Waals surface area contributed by atoms with E-state index in [1.807, 2.05) is 11.4 Å². The molecule has 0 fully saturated rings. The molecule has 0 radical (unpaired) electrons. The van der Waals surface area contributed by atoms with Crippen molar-refractivity contribution in [2.45, 2.75) is 0 Å². The molecule has 2 aromatic heterocycles. The molecule has 0 aliphatic heterocycles. The SMILES string of the molecule is COC(=O)c1cnc(-c2cc(Cl)cs2)s1. The van der Waals surface area contributed by atoms with Crippen molar-refractivity contribution in [1.29, 1.82) is 0 Å². The van der Waals surface area contributed by atoms with Crippen molar-refractivity contribution in [3.63, 3.8) is 0 Å². The number of hydrogen-bond acceptors (Lipinski definition) is 5. The molecular formula is C9H6ClNO2S2. The number of thiophene rings is 1. The minimum atomic E-state index is -0.360. The molecular weight excluding hydrogens is 254 g/mol. The standard InChI is InChI=1S/C9H6ClNO2S2/c1-13-9(12)7-3-11-8(15-7)6-2-5(10)4-14-6/h2-4H,1H3. The fourth-order valence-corrected chi connectivity index (χ4v) is 2.99. The first kappa shape index (κ1) is 10.6. The summed E-state index contributed by atoms with van der Waals surface area (Å²) in [6.45, 7) is 0. The van der Waals surface area contributed by atoms with Gasteiger partial charge in [0.2, 0.25) is 0 Å². The highest BCUT2D eigenvalue weighted by Gasteiger charge is 2.12. The zero-order chi connectivity index (χ0) is 10.8. The van der Waals surface area contributed by atoms with Crippen LogP contribution in [0, 0.1) is 0 Å². The van der Waals surface area contributed by atoms with Gasteiger partial charge in [-0.1, -0.05) is 11.6 Å². The van der Waals surface area contributed by atoms with Crippen molar-refractivity contribution in [3.05, 3.63) is 27.5 Å². The quantitative estimate of drug-likeness (QED) is 0.777. The van der Waals surface area contributed by atoms with Gasteiger partial charge in [0.25, 0.3) is 0 Å². The first-order chi connectivity index (χ1) is 7.20. The number of thiazole rings is 1. The largest absolute Gasteiger partial charge is 0.465 e.